The number of likely N-dealkylation sites (N-methyl/N-ethyl adjacent to an activating group) is 1. The van der Waals surface area contributed by atoms with Crippen LogP contribution in [0.25, 0.3) is 0 Å². The largest absolute Gasteiger partial charge is 0.481 e. The summed E-state index contributed by atoms with van der Waals surface area (Å²) in [6, 6.07) is -0.381. The summed E-state index contributed by atoms with van der Waals surface area (Å²) in [6.45, 7) is 6.68. The molecule has 0 aromatic carbocycles. The maximum Gasteiger partial charge on any atom is 0.320 e. The zero-order chi connectivity index (χ0) is 15.4. The summed E-state index contributed by atoms with van der Waals surface area (Å²) < 4.78 is 5.30. The lowest BCUT2D eigenvalue weighted by molar-refractivity contribution is -0.142. The molecule has 3 atom stereocenters. The van der Waals surface area contributed by atoms with Crippen molar-refractivity contribution in [3.05, 3.63) is 0 Å². The Bertz CT molecular complexity index is 388. The molecular formula is C15H26N2O4. The van der Waals surface area contributed by atoms with Crippen LogP contribution in [0.4, 0.5) is 4.79 Å². The fourth-order valence-electron chi connectivity index (χ4n) is 3.23. The second-order valence-corrected chi connectivity index (χ2v) is 6.14. The Balaban J connectivity index is 2.05. The van der Waals surface area contributed by atoms with E-state index in [1.807, 2.05) is 11.8 Å². The van der Waals surface area contributed by atoms with E-state index < -0.39 is 11.9 Å². The monoisotopic (exact) mass is 298 g/mol. The lowest BCUT2D eigenvalue weighted by Gasteiger charge is -2.34. The average molecular weight is 298 g/mol. The molecule has 3 unspecified atom stereocenters. The molecule has 2 fully saturated rings. The van der Waals surface area contributed by atoms with Crippen LogP contribution in [0.5, 0.6) is 0 Å². The van der Waals surface area contributed by atoms with Gasteiger partial charge in [-0.3, -0.25) is 4.79 Å². The first-order chi connectivity index (χ1) is 10.0. The molecule has 0 aromatic rings. The van der Waals surface area contributed by atoms with E-state index in [1.165, 1.54) is 0 Å². The highest BCUT2D eigenvalue weighted by Gasteiger charge is 2.40. The van der Waals surface area contributed by atoms with Gasteiger partial charge < -0.3 is 19.6 Å². The number of nitrogens with zero attached hydrogens (tertiary/aromatic N) is 2. The van der Waals surface area contributed by atoms with Crippen molar-refractivity contribution in [3.8, 4) is 0 Å². The van der Waals surface area contributed by atoms with Crippen LogP contribution < -0.4 is 0 Å². The summed E-state index contributed by atoms with van der Waals surface area (Å²) in [5.41, 5.74) is 0. The number of hydrogen-bond donors (Lipinski definition) is 1. The molecule has 0 spiro atoms. The number of carboxylic acid groups (broad SMARTS) is 1. The van der Waals surface area contributed by atoms with Crippen LogP contribution in [0.15, 0.2) is 0 Å². The van der Waals surface area contributed by atoms with E-state index in [0.29, 0.717) is 19.1 Å². The third-order valence-electron chi connectivity index (χ3n) is 4.64. The first-order valence-electron chi connectivity index (χ1n) is 7.90. The lowest BCUT2D eigenvalue weighted by atomic mass is 10.0. The highest BCUT2D eigenvalue weighted by Crippen LogP contribution is 2.23. The van der Waals surface area contributed by atoms with Gasteiger partial charge in [-0.05, 0) is 32.1 Å². The zero-order valence-electron chi connectivity index (χ0n) is 13.0. The van der Waals surface area contributed by atoms with E-state index in [4.69, 9.17) is 4.74 Å². The molecule has 120 valence electrons. The van der Waals surface area contributed by atoms with E-state index in [9.17, 15) is 14.7 Å². The summed E-state index contributed by atoms with van der Waals surface area (Å²) in [7, 11) is 0. The normalized spacial score (nSPS) is 30.0. The minimum atomic E-state index is -0.881. The van der Waals surface area contributed by atoms with Crippen LogP contribution in [0.2, 0.25) is 0 Å². The molecule has 2 amide bonds. The van der Waals surface area contributed by atoms with Gasteiger partial charge >= 0.3 is 12.0 Å². The number of carbonyl (C=O) groups excluding carboxylic acids is 1. The van der Waals surface area contributed by atoms with Crippen molar-refractivity contribution >= 4 is 12.0 Å². The number of hydrogen-bond acceptors (Lipinski definition) is 3. The third kappa shape index (κ3) is 3.67. The molecule has 2 aliphatic rings. The number of ether oxygens (including phenoxy) is 1. The Kier molecular flexibility index (Phi) is 5.45. The summed E-state index contributed by atoms with van der Waals surface area (Å²) in [6.07, 6.45) is 3.20. The number of carboxylic acids is 1. The minimum absolute atomic E-state index is 0.0339. The van der Waals surface area contributed by atoms with Crippen LogP contribution in [0, 0.1) is 11.8 Å². The Morgan fingerprint density at radius 3 is 2.71 bits per heavy atom. The van der Waals surface area contributed by atoms with Gasteiger partial charge in [0, 0.05) is 19.6 Å². The zero-order valence-corrected chi connectivity index (χ0v) is 13.0. The molecule has 0 radical (unpaired) electrons. The molecule has 0 saturated carbocycles. The van der Waals surface area contributed by atoms with Gasteiger partial charge in [0.15, 0.2) is 0 Å². The maximum atomic E-state index is 12.7. The van der Waals surface area contributed by atoms with Gasteiger partial charge in [0.05, 0.1) is 19.3 Å². The standard InChI is InChI=1S/C15H26N2O4/c1-3-17(13-10-21-9-12(13)14(18)19)15(20)16-7-4-5-11(2)6-8-16/h11-13H,3-10H2,1-2H3,(H,18,19). The predicted octanol–water partition coefficient (Wildman–Crippen LogP) is 1.65. The Morgan fingerprint density at radius 2 is 2.05 bits per heavy atom. The molecule has 21 heavy (non-hydrogen) atoms. The molecule has 2 saturated heterocycles. The van der Waals surface area contributed by atoms with Crippen LogP contribution in [0.1, 0.15) is 33.1 Å². The van der Waals surface area contributed by atoms with Gasteiger partial charge in [0.25, 0.3) is 0 Å². The maximum absolute atomic E-state index is 12.7. The molecular weight excluding hydrogens is 272 g/mol. The first kappa shape index (κ1) is 16.1. The van der Waals surface area contributed by atoms with Crippen LogP contribution in [0.3, 0.4) is 0 Å². The summed E-state index contributed by atoms with van der Waals surface area (Å²) in [5.74, 6) is -0.840. The summed E-state index contributed by atoms with van der Waals surface area (Å²) >= 11 is 0. The molecule has 1 N–H and O–H groups in total. The minimum Gasteiger partial charge on any atom is -0.481 e. The SMILES string of the molecule is CCN(C(=O)N1CCCC(C)CC1)C1COCC1C(=O)O. The second kappa shape index (κ2) is 7.11. The molecule has 6 heteroatoms. The summed E-state index contributed by atoms with van der Waals surface area (Å²) in [5, 5.41) is 9.27. The number of urea groups is 1. The lowest BCUT2D eigenvalue weighted by Crippen LogP contribution is -2.52. The highest BCUT2D eigenvalue weighted by atomic mass is 16.5. The number of aliphatic carboxylic acids is 1. The van der Waals surface area contributed by atoms with Crippen LogP contribution >= 0.6 is 0 Å². The number of amides is 2. The van der Waals surface area contributed by atoms with Crippen molar-refractivity contribution in [2.45, 2.75) is 39.2 Å². The van der Waals surface area contributed by atoms with E-state index >= 15 is 0 Å². The van der Waals surface area contributed by atoms with Gasteiger partial charge in [-0.2, -0.15) is 0 Å². The predicted molar refractivity (Wildman–Crippen MR) is 78.1 cm³/mol. The van der Waals surface area contributed by atoms with E-state index in [2.05, 4.69) is 6.92 Å². The van der Waals surface area contributed by atoms with Gasteiger partial charge in [0.2, 0.25) is 0 Å². The van der Waals surface area contributed by atoms with Crippen molar-refractivity contribution in [1.82, 2.24) is 9.80 Å². The molecule has 6 nitrogen and oxygen atoms in total. The Hall–Kier alpha value is -1.30. The van der Waals surface area contributed by atoms with Crippen LogP contribution in [-0.4, -0.2) is 65.8 Å². The molecule has 0 bridgehead atoms. The molecule has 0 aromatic heterocycles. The smallest absolute Gasteiger partial charge is 0.320 e. The van der Waals surface area contributed by atoms with Crippen molar-refractivity contribution in [1.29, 1.82) is 0 Å². The topological polar surface area (TPSA) is 70.1 Å². The van der Waals surface area contributed by atoms with Crippen molar-refractivity contribution in [2.24, 2.45) is 11.8 Å². The van der Waals surface area contributed by atoms with Crippen molar-refractivity contribution in [3.63, 3.8) is 0 Å². The fourth-order valence-corrected chi connectivity index (χ4v) is 3.23. The quantitative estimate of drug-likeness (QED) is 0.860. The van der Waals surface area contributed by atoms with E-state index in [-0.39, 0.29) is 18.7 Å². The summed E-state index contributed by atoms with van der Waals surface area (Å²) in [4.78, 5) is 27.6. The third-order valence-corrected chi connectivity index (χ3v) is 4.64. The molecule has 2 aliphatic heterocycles. The molecule has 2 heterocycles. The van der Waals surface area contributed by atoms with E-state index in [1.54, 1.807) is 4.90 Å². The van der Waals surface area contributed by atoms with Crippen molar-refractivity contribution < 1.29 is 19.4 Å². The Labute approximate surface area is 126 Å². The Morgan fingerprint density at radius 1 is 1.29 bits per heavy atom. The van der Waals surface area contributed by atoms with E-state index in [0.717, 1.165) is 32.4 Å². The van der Waals surface area contributed by atoms with Gasteiger partial charge in [-0.15, -0.1) is 0 Å². The van der Waals surface area contributed by atoms with Gasteiger partial charge in [0.1, 0.15) is 5.92 Å². The molecule has 2 rings (SSSR count). The first-order valence-corrected chi connectivity index (χ1v) is 7.90. The average Bonchev–Trinajstić information content (AvgIpc) is 2.82. The van der Waals surface area contributed by atoms with Crippen LogP contribution in [-0.2, 0) is 9.53 Å². The fraction of sp³-hybridized carbons (Fsp3) is 0.867. The number of likely N-dealkylation sites (tertiary alicyclic amines) is 1. The van der Waals surface area contributed by atoms with Gasteiger partial charge in [-0.25, -0.2) is 4.79 Å². The molecule has 0 aliphatic carbocycles. The highest BCUT2D eigenvalue weighted by molar-refractivity contribution is 5.77. The van der Waals surface area contributed by atoms with Crippen molar-refractivity contribution in [2.75, 3.05) is 32.8 Å². The second-order valence-electron chi connectivity index (χ2n) is 6.14. The number of carbonyl (C=O) groups is 2. The number of rotatable bonds is 3. The van der Waals surface area contributed by atoms with Gasteiger partial charge in [-0.1, -0.05) is 6.92 Å².